The molecule has 13 nitrogen and oxygen atoms in total. The molecule has 0 saturated carbocycles. The third-order valence-electron chi connectivity index (χ3n) is 11.7. The summed E-state index contributed by atoms with van der Waals surface area (Å²) in [6.07, 6.45) is -1.50. The predicted octanol–water partition coefficient (Wildman–Crippen LogP) is 7.98. The molecule has 0 spiro atoms. The van der Waals surface area contributed by atoms with Gasteiger partial charge in [-0.05, 0) is 104 Å². The number of halogens is 5. The maximum atomic E-state index is 15.5. The average molecular weight is 910 g/mol. The Labute approximate surface area is 373 Å². The Morgan fingerprint density at radius 3 is 2.43 bits per heavy atom. The third-order valence-corrected chi connectivity index (χ3v) is 12.1. The third kappa shape index (κ3) is 8.58. The van der Waals surface area contributed by atoms with Gasteiger partial charge in [0.25, 0.3) is 11.5 Å². The van der Waals surface area contributed by atoms with E-state index in [1.54, 1.807) is 23.9 Å². The Balaban J connectivity index is 0.820. The van der Waals surface area contributed by atoms with E-state index in [1.165, 1.54) is 55.4 Å². The average Bonchev–Trinajstić information content (AvgIpc) is 3.76. The molecule has 2 aliphatic rings. The largest absolute Gasteiger partial charge is 0.417 e. The molecular formula is C46H40F5N9O4S. The van der Waals surface area contributed by atoms with Crippen LogP contribution in [0.5, 0.6) is 0 Å². The number of carbonyl (C=O) groups is 2. The number of amides is 1. The molecule has 0 bridgehead atoms. The number of thiocarbonyl (C=S) groups is 1. The zero-order valence-corrected chi connectivity index (χ0v) is 36.0. The number of ketones is 1. The summed E-state index contributed by atoms with van der Waals surface area (Å²) in [5, 5.41) is 24.3. The Kier molecular flexibility index (Phi) is 12.1. The number of unbranched alkanes of at least 4 members (excludes halogenated alkanes) is 1. The van der Waals surface area contributed by atoms with Gasteiger partial charge in [-0.2, -0.15) is 28.6 Å². The first-order valence-corrected chi connectivity index (χ1v) is 21.0. The first kappa shape index (κ1) is 44.7. The van der Waals surface area contributed by atoms with Crippen LogP contribution in [0.2, 0.25) is 0 Å². The molecule has 0 radical (unpaired) electrons. The summed E-state index contributed by atoms with van der Waals surface area (Å²) in [5.41, 5.74) is -0.608. The van der Waals surface area contributed by atoms with Gasteiger partial charge in [-0.3, -0.25) is 24.0 Å². The highest BCUT2D eigenvalue weighted by atomic mass is 32.1. The summed E-state index contributed by atoms with van der Waals surface area (Å²) in [4.78, 5) is 45.9. The van der Waals surface area contributed by atoms with Gasteiger partial charge in [0.15, 0.2) is 5.11 Å². The van der Waals surface area contributed by atoms with E-state index in [-0.39, 0.29) is 47.1 Å². The number of anilines is 3. The van der Waals surface area contributed by atoms with Gasteiger partial charge in [-0.25, -0.2) is 18.9 Å². The van der Waals surface area contributed by atoms with Gasteiger partial charge in [-0.15, -0.1) is 0 Å². The van der Waals surface area contributed by atoms with Crippen LogP contribution < -0.4 is 20.7 Å². The number of rotatable bonds is 14. The summed E-state index contributed by atoms with van der Waals surface area (Å²) in [5.74, 6) is -1.66. The van der Waals surface area contributed by atoms with E-state index in [1.807, 2.05) is 24.3 Å². The van der Waals surface area contributed by atoms with Crippen molar-refractivity contribution in [2.45, 2.75) is 69.6 Å². The van der Waals surface area contributed by atoms with Crippen molar-refractivity contribution >= 4 is 56.9 Å². The molecule has 8 rings (SSSR count). The second-order valence-corrected chi connectivity index (χ2v) is 16.7. The number of ether oxygens (including phenoxy) is 1. The van der Waals surface area contributed by atoms with Crippen LogP contribution in [0.25, 0.3) is 10.8 Å². The lowest BCUT2D eigenvalue weighted by atomic mass is 9.83. The highest BCUT2D eigenvalue weighted by molar-refractivity contribution is 7.81. The Bertz CT molecular complexity index is 2960. The second kappa shape index (κ2) is 17.6. The van der Waals surface area contributed by atoms with Gasteiger partial charge in [0, 0.05) is 43.3 Å². The molecule has 19 heteroatoms. The highest BCUT2D eigenvalue weighted by Crippen LogP contribution is 2.46. The maximum absolute atomic E-state index is 15.5. The minimum atomic E-state index is -4.84. The van der Waals surface area contributed by atoms with Gasteiger partial charge in [0.1, 0.15) is 35.1 Å². The number of aromatic nitrogens is 5. The van der Waals surface area contributed by atoms with Crippen molar-refractivity contribution in [1.29, 1.82) is 5.26 Å². The van der Waals surface area contributed by atoms with E-state index in [9.17, 15) is 37.2 Å². The van der Waals surface area contributed by atoms with Crippen LogP contribution in [0.1, 0.15) is 84.4 Å². The van der Waals surface area contributed by atoms with Crippen LogP contribution in [0, 0.1) is 23.0 Å². The lowest BCUT2D eigenvalue weighted by Gasteiger charge is -2.33. The van der Waals surface area contributed by atoms with Gasteiger partial charge in [-0.1, -0.05) is 30.3 Å². The molecule has 1 amide bonds. The van der Waals surface area contributed by atoms with Crippen molar-refractivity contribution in [2.75, 3.05) is 28.3 Å². The van der Waals surface area contributed by atoms with Crippen molar-refractivity contribution in [3.05, 3.63) is 140 Å². The van der Waals surface area contributed by atoms with Crippen LogP contribution in [-0.4, -0.2) is 60.5 Å². The summed E-state index contributed by atoms with van der Waals surface area (Å²) in [6.45, 7) is 3.64. The molecule has 1 fully saturated rings. The Morgan fingerprint density at radius 1 is 0.985 bits per heavy atom. The molecule has 4 heterocycles. The van der Waals surface area contributed by atoms with E-state index in [4.69, 9.17) is 17.0 Å². The van der Waals surface area contributed by atoms with Crippen LogP contribution in [0.15, 0.2) is 83.9 Å². The van der Waals surface area contributed by atoms with Crippen LogP contribution in [-0.2, 0) is 40.4 Å². The molecular weight excluding hydrogens is 870 g/mol. The minimum absolute atomic E-state index is 0.0228. The van der Waals surface area contributed by atoms with Gasteiger partial charge in [0.2, 0.25) is 0 Å². The van der Waals surface area contributed by atoms with Gasteiger partial charge < -0.3 is 15.0 Å². The molecule has 2 aliphatic heterocycles. The molecule has 334 valence electrons. The minimum Gasteiger partial charge on any atom is -0.381 e. The van der Waals surface area contributed by atoms with E-state index < -0.39 is 57.9 Å². The molecule has 0 unspecified atom stereocenters. The summed E-state index contributed by atoms with van der Waals surface area (Å²) in [7, 11) is 1.75. The first-order valence-electron chi connectivity index (χ1n) is 20.6. The summed E-state index contributed by atoms with van der Waals surface area (Å²) in [6, 6.07) is 18.4. The molecule has 2 N–H and O–H groups in total. The predicted molar refractivity (Wildman–Crippen MR) is 234 cm³/mol. The lowest BCUT2D eigenvalue weighted by Crippen LogP contribution is -2.44. The topological polar surface area (TPSA) is 162 Å². The SMILES string of the molecule is Cn1ncnc1[C@H]1c2n[nH]c(=O)c3cc(F)cc(c23)N[C@@H]1c1ccc(CC(=O)CCOCCCCc2ccc(N3C(=S)N(c4ccc(C#N)c(C(F)(F)F)c4)C(=O)C3(C)C)cc2F)cc1. The van der Waals surface area contributed by atoms with Crippen molar-refractivity contribution in [2.24, 2.45) is 7.05 Å². The molecule has 65 heavy (non-hydrogen) atoms. The van der Waals surface area contributed by atoms with Crippen molar-refractivity contribution < 1.29 is 36.3 Å². The maximum Gasteiger partial charge on any atom is 0.417 e. The number of carbonyl (C=O) groups excluding carboxylic acids is 2. The van der Waals surface area contributed by atoms with Crippen LogP contribution in [0.3, 0.4) is 0 Å². The number of nitrogens with one attached hydrogen (secondary N) is 2. The number of hydrogen-bond donors (Lipinski definition) is 2. The summed E-state index contributed by atoms with van der Waals surface area (Å²) >= 11 is 5.57. The van der Waals surface area contributed by atoms with E-state index in [0.717, 1.165) is 22.1 Å². The molecule has 6 aromatic rings. The molecule has 1 saturated heterocycles. The van der Waals surface area contributed by atoms with E-state index in [0.29, 0.717) is 60.1 Å². The standard InChI is InChI=1S/C46H40F5N9O4S/c1-45(2)43(63)59(30-13-12-28(23-52)34(21-30)46(49,50)51)44(65)60(45)31-14-11-26(35(48)22-31)6-4-5-16-64-17-15-32(61)18-25-7-9-27(10-8-25)39-38(41-53-24-54-58(41)3)40-37-33(42(62)57-56-40)19-29(47)20-36(37)55-39/h7-14,19-22,24,38-39,55H,4-6,15-18H2,1-3H3,(H,57,62)/t38-,39-/m1/s1. The number of benzene rings is 4. The quantitative estimate of drug-likeness (QED) is 0.0620. The fraction of sp³-hybridized carbons (Fsp3) is 0.304. The highest BCUT2D eigenvalue weighted by Gasteiger charge is 2.51. The monoisotopic (exact) mass is 909 g/mol. The second-order valence-electron chi connectivity index (χ2n) is 16.4. The fourth-order valence-corrected chi connectivity index (χ4v) is 9.00. The molecule has 2 aromatic heterocycles. The normalized spacial score (nSPS) is 16.8. The van der Waals surface area contributed by atoms with Crippen molar-refractivity contribution in [3.8, 4) is 6.07 Å². The summed E-state index contributed by atoms with van der Waals surface area (Å²) < 4.78 is 78.6. The number of hydrogen-bond acceptors (Lipinski definition) is 10. The van der Waals surface area contributed by atoms with Crippen LogP contribution in [0.4, 0.5) is 39.0 Å². The number of H-pyrrole nitrogens is 1. The fourth-order valence-electron chi connectivity index (χ4n) is 8.47. The number of alkyl halides is 3. The molecule has 2 atom stereocenters. The molecule has 4 aromatic carbocycles. The number of aromatic amines is 1. The number of aryl methyl sites for hydroxylation is 2. The van der Waals surface area contributed by atoms with Gasteiger partial charge >= 0.3 is 6.18 Å². The lowest BCUT2D eigenvalue weighted by molar-refractivity contribution is -0.137. The first-order chi connectivity index (χ1) is 31.0. The van der Waals surface area contributed by atoms with E-state index >= 15 is 4.39 Å². The van der Waals surface area contributed by atoms with Gasteiger partial charge in [0.05, 0.1) is 52.5 Å². The number of nitriles is 1. The Hall–Kier alpha value is -6.91. The van der Waals surface area contributed by atoms with Crippen molar-refractivity contribution in [1.82, 2.24) is 25.0 Å². The van der Waals surface area contributed by atoms with Crippen LogP contribution >= 0.6 is 12.2 Å². The van der Waals surface area contributed by atoms with E-state index in [2.05, 4.69) is 25.6 Å². The molecule has 0 aliphatic carbocycles. The Morgan fingerprint density at radius 2 is 1.74 bits per heavy atom. The number of Topliss-reactive ketones (excluding diaryl/α,β-unsaturated/α-hetero) is 1. The number of nitrogens with zero attached hydrogens (tertiary/aromatic N) is 7. The zero-order valence-electron chi connectivity index (χ0n) is 35.2. The zero-order chi connectivity index (χ0) is 46.4. The smallest absolute Gasteiger partial charge is 0.381 e. The van der Waals surface area contributed by atoms with Crippen molar-refractivity contribution in [3.63, 3.8) is 0 Å².